The van der Waals surface area contributed by atoms with Gasteiger partial charge in [-0.05, 0) is 19.9 Å². The summed E-state index contributed by atoms with van der Waals surface area (Å²) in [7, 11) is 0. The first-order valence-corrected chi connectivity index (χ1v) is 5.48. The SMILES string of the molecule is CCN(CC)c1cc(Cl)c([N+]#N)cc1Cl. The van der Waals surface area contributed by atoms with Crippen molar-refractivity contribution < 1.29 is 0 Å². The van der Waals surface area contributed by atoms with Crippen LogP contribution in [-0.2, 0) is 0 Å². The van der Waals surface area contributed by atoms with E-state index in [1.54, 1.807) is 12.1 Å². The van der Waals surface area contributed by atoms with Crippen molar-refractivity contribution >= 4 is 34.6 Å². The van der Waals surface area contributed by atoms with Crippen LogP contribution >= 0.6 is 23.2 Å². The summed E-state index contributed by atoms with van der Waals surface area (Å²) in [5.74, 6) is 0. The lowest BCUT2D eigenvalue weighted by atomic mass is 10.2. The molecule has 0 spiro atoms. The maximum atomic E-state index is 8.66. The van der Waals surface area contributed by atoms with E-state index >= 15 is 0 Å². The lowest BCUT2D eigenvalue weighted by Gasteiger charge is -2.21. The first kappa shape index (κ1) is 12.1. The van der Waals surface area contributed by atoms with Crippen molar-refractivity contribution in [3.8, 4) is 0 Å². The molecular formula is C10H12Cl2N3+. The van der Waals surface area contributed by atoms with Crippen molar-refractivity contribution in [2.24, 2.45) is 0 Å². The molecule has 0 bridgehead atoms. The zero-order chi connectivity index (χ0) is 11.4. The molecule has 0 aliphatic heterocycles. The summed E-state index contributed by atoms with van der Waals surface area (Å²) in [6.45, 7) is 5.78. The monoisotopic (exact) mass is 244 g/mol. The highest BCUT2D eigenvalue weighted by molar-refractivity contribution is 6.37. The zero-order valence-corrected chi connectivity index (χ0v) is 10.2. The molecule has 1 aromatic carbocycles. The number of benzene rings is 1. The van der Waals surface area contributed by atoms with Crippen LogP contribution < -0.4 is 4.90 Å². The molecule has 0 atom stereocenters. The molecule has 0 fully saturated rings. The smallest absolute Gasteiger partial charge is 0.371 e. The van der Waals surface area contributed by atoms with Crippen LogP contribution in [0.5, 0.6) is 0 Å². The maximum absolute atomic E-state index is 8.66. The summed E-state index contributed by atoms with van der Waals surface area (Å²) in [5.41, 5.74) is 1.15. The average molecular weight is 245 g/mol. The normalized spacial score (nSPS) is 9.80. The van der Waals surface area contributed by atoms with E-state index in [-0.39, 0.29) is 5.69 Å². The van der Waals surface area contributed by atoms with Crippen LogP contribution in [0.25, 0.3) is 4.98 Å². The largest absolute Gasteiger partial charge is 0.405 e. The Morgan fingerprint density at radius 3 is 2.27 bits per heavy atom. The van der Waals surface area contributed by atoms with Crippen molar-refractivity contribution in [3.63, 3.8) is 0 Å². The molecule has 0 saturated heterocycles. The van der Waals surface area contributed by atoms with Crippen molar-refractivity contribution in [3.05, 3.63) is 27.2 Å². The molecule has 0 aliphatic rings. The summed E-state index contributed by atoms with van der Waals surface area (Å²) < 4.78 is 0. The first-order valence-electron chi connectivity index (χ1n) is 4.73. The van der Waals surface area contributed by atoms with Gasteiger partial charge in [0, 0.05) is 13.1 Å². The highest BCUT2D eigenvalue weighted by Crippen LogP contribution is 2.36. The van der Waals surface area contributed by atoms with Crippen molar-refractivity contribution in [2.75, 3.05) is 18.0 Å². The van der Waals surface area contributed by atoms with Crippen LogP contribution in [0.4, 0.5) is 11.4 Å². The summed E-state index contributed by atoms with van der Waals surface area (Å²) in [6, 6.07) is 3.27. The Bertz CT molecular complexity index is 394. The summed E-state index contributed by atoms with van der Waals surface area (Å²) in [6.07, 6.45) is 0. The van der Waals surface area contributed by atoms with E-state index < -0.39 is 0 Å². The number of diazo groups is 1. The number of hydrogen-bond donors (Lipinski definition) is 0. The Labute approximate surface area is 99.2 Å². The van der Waals surface area contributed by atoms with Crippen LogP contribution in [0.3, 0.4) is 0 Å². The molecule has 0 N–H and O–H groups in total. The second kappa shape index (κ2) is 5.20. The lowest BCUT2D eigenvalue weighted by molar-refractivity contribution is 0.867. The molecule has 0 heterocycles. The molecule has 0 saturated carbocycles. The Kier molecular flexibility index (Phi) is 4.19. The molecule has 1 aromatic rings. The third kappa shape index (κ3) is 2.53. The Balaban J connectivity index is 3.22. The molecule has 15 heavy (non-hydrogen) atoms. The summed E-state index contributed by atoms with van der Waals surface area (Å²) in [4.78, 5) is 5.13. The molecule has 0 aromatic heterocycles. The Morgan fingerprint density at radius 1 is 1.20 bits per heavy atom. The van der Waals surface area contributed by atoms with Crippen LogP contribution in [0.15, 0.2) is 12.1 Å². The average Bonchev–Trinajstić information content (AvgIpc) is 2.24. The van der Waals surface area contributed by atoms with E-state index in [9.17, 15) is 0 Å². The van der Waals surface area contributed by atoms with Gasteiger partial charge in [-0.2, -0.15) is 0 Å². The van der Waals surface area contributed by atoms with Crippen LogP contribution in [0.1, 0.15) is 13.8 Å². The third-order valence-electron chi connectivity index (χ3n) is 2.23. The molecule has 0 amide bonds. The van der Waals surface area contributed by atoms with Gasteiger partial charge < -0.3 is 4.90 Å². The van der Waals surface area contributed by atoms with Gasteiger partial charge >= 0.3 is 5.69 Å². The number of hydrogen-bond acceptors (Lipinski definition) is 2. The van der Waals surface area contributed by atoms with Crippen LogP contribution in [-0.4, -0.2) is 13.1 Å². The highest BCUT2D eigenvalue weighted by atomic mass is 35.5. The number of anilines is 1. The Morgan fingerprint density at radius 2 is 1.80 bits per heavy atom. The molecule has 3 nitrogen and oxygen atoms in total. The highest BCUT2D eigenvalue weighted by Gasteiger charge is 2.18. The van der Waals surface area contributed by atoms with Crippen molar-refractivity contribution in [1.82, 2.24) is 0 Å². The van der Waals surface area contributed by atoms with Gasteiger partial charge in [0.25, 0.3) is 0 Å². The van der Waals surface area contributed by atoms with E-state index in [2.05, 4.69) is 9.88 Å². The van der Waals surface area contributed by atoms with Gasteiger partial charge in [-0.15, -0.1) is 0 Å². The van der Waals surface area contributed by atoms with E-state index in [0.717, 1.165) is 18.8 Å². The molecular weight excluding hydrogens is 233 g/mol. The zero-order valence-electron chi connectivity index (χ0n) is 8.67. The minimum Gasteiger partial charge on any atom is -0.371 e. The van der Waals surface area contributed by atoms with Gasteiger partial charge in [-0.3, -0.25) is 0 Å². The maximum Gasteiger partial charge on any atom is 0.405 e. The number of halogens is 2. The van der Waals surface area contributed by atoms with Crippen LogP contribution in [0.2, 0.25) is 10.0 Å². The lowest BCUT2D eigenvalue weighted by Crippen LogP contribution is -2.22. The van der Waals surface area contributed by atoms with Crippen molar-refractivity contribution in [2.45, 2.75) is 13.8 Å². The quantitative estimate of drug-likeness (QED) is 0.742. The molecule has 80 valence electrons. The fourth-order valence-corrected chi connectivity index (χ4v) is 1.88. The fourth-order valence-electron chi connectivity index (χ4n) is 1.41. The van der Waals surface area contributed by atoms with Gasteiger partial charge in [-0.25, -0.2) is 0 Å². The van der Waals surface area contributed by atoms with E-state index in [4.69, 9.17) is 28.6 Å². The van der Waals surface area contributed by atoms with Crippen molar-refractivity contribution in [1.29, 1.82) is 5.39 Å². The molecule has 5 heteroatoms. The van der Waals surface area contributed by atoms with Gasteiger partial charge in [0.1, 0.15) is 5.02 Å². The fraction of sp³-hybridized carbons (Fsp3) is 0.400. The number of rotatable bonds is 3. The van der Waals surface area contributed by atoms with Gasteiger partial charge in [0.15, 0.2) is 4.98 Å². The van der Waals surface area contributed by atoms with E-state index in [0.29, 0.717) is 10.0 Å². The topological polar surface area (TPSA) is 31.4 Å². The third-order valence-corrected chi connectivity index (χ3v) is 2.83. The first-order chi connectivity index (χ1) is 7.13. The second-order valence-electron chi connectivity index (χ2n) is 3.03. The minimum atomic E-state index is 0.289. The number of nitrogens with zero attached hydrogens (tertiary/aromatic N) is 3. The summed E-state index contributed by atoms with van der Waals surface area (Å²) in [5, 5.41) is 9.59. The van der Waals surface area contributed by atoms with Gasteiger partial charge in [0.05, 0.1) is 16.8 Å². The summed E-state index contributed by atoms with van der Waals surface area (Å²) >= 11 is 12.0. The molecule has 1 rings (SSSR count). The molecule has 0 radical (unpaired) electrons. The van der Waals surface area contributed by atoms with E-state index in [1.165, 1.54) is 0 Å². The van der Waals surface area contributed by atoms with Gasteiger partial charge in [-0.1, -0.05) is 23.2 Å². The molecule has 0 aliphatic carbocycles. The Hall–Kier alpha value is -0.980. The predicted molar refractivity (Wildman–Crippen MR) is 64.8 cm³/mol. The molecule has 0 unspecified atom stereocenters. The van der Waals surface area contributed by atoms with Gasteiger partial charge in [0.2, 0.25) is 5.39 Å². The minimum absolute atomic E-state index is 0.289. The van der Waals surface area contributed by atoms with Crippen LogP contribution in [0, 0.1) is 5.39 Å². The van der Waals surface area contributed by atoms with E-state index in [1.807, 2.05) is 13.8 Å². The second-order valence-corrected chi connectivity index (χ2v) is 3.84. The standard InChI is InChI=1S/C10H12Cl2N3/c1-3-15(4-2)10-6-7(11)9(14-13)5-8(10)12/h5-6H,3-4H2,1-2H3/q+1. The predicted octanol–water partition coefficient (Wildman–Crippen LogP) is 4.32.